The highest BCUT2D eigenvalue weighted by Crippen LogP contribution is 2.26. The van der Waals surface area contributed by atoms with Crippen molar-refractivity contribution in [1.82, 2.24) is 14.5 Å². The van der Waals surface area contributed by atoms with E-state index in [0.717, 1.165) is 18.4 Å². The largest absolute Gasteiger partial charge is 0.352 e. The lowest BCUT2D eigenvalue weighted by Gasteiger charge is -2.35. The third kappa shape index (κ3) is 5.13. The van der Waals surface area contributed by atoms with E-state index in [4.69, 9.17) is 0 Å². The van der Waals surface area contributed by atoms with E-state index < -0.39 is 10.0 Å². The fraction of sp³-hybridized carbons (Fsp3) is 0.667. The zero-order valence-electron chi connectivity index (χ0n) is 17.1. The third-order valence-electron chi connectivity index (χ3n) is 6.14. The predicted octanol–water partition coefficient (Wildman–Crippen LogP) is 2.39. The average molecular weight is 408 g/mol. The molecule has 1 aromatic carbocycles. The second kappa shape index (κ2) is 9.37. The van der Waals surface area contributed by atoms with Crippen LogP contribution in [0.2, 0.25) is 0 Å². The lowest BCUT2D eigenvalue weighted by molar-refractivity contribution is -0.123. The molecule has 156 valence electrons. The highest BCUT2D eigenvalue weighted by atomic mass is 32.2. The van der Waals surface area contributed by atoms with Gasteiger partial charge in [0.15, 0.2) is 0 Å². The molecule has 1 saturated heterocycles. The Morgan fingerprint density at radius 3 is 2.36 bits per heavy atom. The molecule has 0 spiro atoms. The second-order valence-corrected chi connectivity index (χ2v) is 10.1. The zero-order valence-corrected chi connectivity index (χ0v) is 17.9. The number of hydrogen-bond donors (Lipinski definition) is 1. The first-order valence-electron chi connectivity index (χ1n) is 10.5. The molecule has 3 rings (SSSR count). The first-order valence-corrected chi connectivity index (χ1v) is 11.9. The summed E-state index contributed by atoms with van der Waals surface area (Å²) >= 11 is 0. The number of carbonyl (C=O) groups is 1. The van der Waals surface area contributed by atoms with Crippen LogP contribution < -0.4 is 5.32 Å². The zero-order chi connectivity index (χ0) is 20.1. The first kappa shape index (κ1) is 21.3. The van der Waals surface area contributed by atoms with E-state index in [1.165, 1.54) is 23.6 Å². The van der Waals surface area contributed by atoms with Crippen LogP contribution in [-0.4, -0.2) is 62.3 Å². The maximum Gasteiger partial charge on any atom is 0.243 e. The standard InChI is InChI=1S/C21H33N3O3S/c1-3-18-6-4-5-7-20(18)22-21(25)16-23-12-14-24(15-13-23)28(26,27)19-10-8-17(2)9-11-19/h8-11,18,20H,3-7,12-16H2,1-2H3,(H,22,25). The van der Waals surface area contributed by atoms with Crippen molar-refractivity contribution in [3.05, 3.63) is 29.8 Å². The summed E-state index contributed by atoms with van der Waals surface area (Å²) in [6.45, 7) is 6.50. The molecule has 1 aliphatic carbocycles. The number of aryl methyl sites for hydroxylation is 1. The van der Waals surface area contributed by atoms with Crippen LogP contribution in [0.1, 0.15) is 44.6 Å². The number of hydrogen-bond acceptors (Lipinski definition) is 4. The second-order valence-electron chi connectivity index (χ2n) is 8.12. The summed E-state index contributed by atoms with van der Waals surface area (Å²) in [5.74, 6) is 0.661. The number of nitrogens with zero attached hydrogens (tertiary/aromatic N) is 2. The molecule has 2 atom stereocenters. The Kier molecular flexibility index (Phi) is 7.12. The third-order valence-corrected chi connectivity index (χ3v) is 8.05. The van der Waals surface area contributed by atoms with Gasteiger partial charge in [-0.25, -0.2) is 8.42 Å². The molecule has 6 nitrogen and oxygen atoms in total. The SMILES string of the molecule is CCC1CCCCC1NC(=O)CN1CCN(S(=O)(=O)c2ccc(C)cc2)CC1. The maximum atomic E-state index is 12.8. The summed E-state index contributed by atoms with van der Waals surface area (Å²) in [5.41, 5.74) is 1.04. The van der Waals surface area contributed by atoms with Crippen LogP contribution in [0, 0.1) is 12.8 Å². The molecule has 28 heavy (non-hydrogen) atoms. The number of carbonyl (C=O) groups excluding carboxylic acids is 1. The Morgan fingerprint density at radius 1 is 1.07 bits per heavy atom. The molecule has 1 amide bonds. The molecule has 1 aromatic rings. The molecular formula is C21H33N3O3S. The van der Waals surface area contributed by atoms with Gasteiger partial charge in [-0.3, -0.25) is 9.69 Å². The van der Waals surface area contributed by atoms with Crippen LogP contribution >= 0.6 is 0 Å². The van der Waals surface area contributed by atoms with E-state index >= 15 is 0 Å². The van der Waals surface area contributed by atoms with Gasteiger partial charge in [-0.1, -0.05) is 43.9 Å². The molecule has 1 N–H and O–H groups in total. The maximum absolute atomic E-state index is 12.8. The Morgan fingerprint density at radius 2 is 1.71 bits per heavy atom. The Labute approximate surface area is 169 Å². The summed E-state index contributed by atoms with van der Waals surface area (Å²) in [4.78, 5) is 14.9. The average Bonchev–Trinajstić information content (AvgIpc) is 2.69. The molecule has 0 aromatic heterocycles. The van der Waals surface area contributed by atoms with E-state index in [9.17, 15) is 13.2 Å². The fourth-order valence-electron chi connectivity index (χ4n) is 4.33. The molecule has 2 unspecified atom stereocenters. The molecule has 2 aliphatic rings. The van der Waals surface area contributed by atoms with Crippen molar-refractivity contribution >= 4 is 15.9 Å². The predicted molar refractivity (Wildman–Crippen MR) is 111 cm³/mol. The lowest BCUT2D eigenvalue weighted by atomic mass is 9.83. The van der Waals surface area contributed by atoms with Gasteiger partial charge in [0.1, 0.15) is 0 Å². The Balaban J connectivity index is 1.49. The van der Waals surface area contributed by atoms with Crippen molar-refractivity contribution in [3.63, 3.8) is 0 Å². The molecule has 2 fully saturated rings. The Hall–Kier alpha value is -1.44. The molecule has 0 radical (unpaired) electrons. The highest BCUT2D eigenvalue weighted by Gasteiger charge is 2.30. The quantitative estimate of drug-likeness (QED) is 0.786. The summed E-state index contributed by atoms with van der Waals surface area (Å²) < 4.78 is 27.1. The molecule has 1 heterocycles. The van der Waals surface area contributed by atoms with Crippen LogP contribution in [0.25, 0.3) is 0 Å². The number of nitrogens with one attached hydrogen (secondary N) is 1. The van der Waals surface area contributed by atoms with Gasteiger partial charge in [-0.05, 0) is 37.8 Å². The number of piperazine rings is 1. The van der Waals surface area contributed by atoms with Crippen LogP contribution in [-0.2, 0) is 14.8 Å². The smallest absolute Gasteiger partial charge is 0.243 e. The van der Waals surface area contributed by atoms with Crippen LogP contribution in [0.3, 0.4) is 0 Å². The van der Waals surface area contributed by atoms with Gasteiger partial charge in [0, 0.05) is 32.2 Å². The summed E-state index contributed by atoms with van der Waals surface area (Å²) in [6.07, 6.45) is 5.85. The number of rotatable bonds is 6. The van der Waals surface area contributed by atoms with Gasteiger partial charge in [0.2, 0.25) is 15.9 Å². The van der Waals surface area contributed by atoms with Gasteiger partial charge in [0.25, 0.3) is 0 Å². The number of sulfonamides is 1. The van der Waals surface area contributed by atoms with E-state index in [-0.39, 0.29) is 5.91 Å². The van der Waals surface area contributed by atoms with Gasteiger partial charge in [-0.2, -0.15) is 4.31 Å². The van der Waals surface area contributed by atoms with Gasteiger partial charge in [-0.15, -0.1) is 0 Å². The molecular weight excluding hydrogens is 374 g/mol. The first-order chi connectivity index (χ1) is 13.4. The Bertz CT molecular complexity index is 756. The molecule has 0 bridgehead atoms. The van der Waals surface area contributed by atoms with Gasteiger partial charge in [0.05, 0.1) is 11.4 Å². The minimum atomic E-state index is -3.46. The molecule has 1 saturated carbocycles. The van der Waals surface area contributed by atoms with Crippen molar-refractivity contribution in [2.75, 3.05) is 32.7 Å². The van der Waals surface area contributed by atoms with Crippen LogP contribution in [0.4, 0.5) is 0 Å². The summed E-state index contributed by atoms with van der Waals surface area (Å²) in [7, 11) is -3.46. The molecule has 7 heteroatoms. The van der Waals surface area contributed by atoms with Crippen molar-refractivity contribution in [1.29, 1.82) is 0 Å². The monoisotopic (exact) mass is 407 g/mol. The van der Waals surface area contributed by atoms with Crippen LogP contribution in [0.15, 0.2) is 29.2 Å². The van der Waals surface area contributed by atoms with E-state index in [1.807, 2.05) is 19.1 Å². The van der Waals surface area contributed by atoms with Crippen molar-refractivity contribution in [3.8, 4) is 0 Å². The van der Waals surface area contributed by atoms with E-state index in [1.54, 1.807) is 12.1 Å². The van der Waals surface area contributed by atoms with E-state index in [2.05, 4.69) is 17.1 Å². The number of amides is 1. The van der Waals surface area contributed by atoms with Gasteiger partial charge < -0.3 is 5.32 Å². The number of benzene rings is 1. The minimum absolute atomic E-state index is 0.0696. The minimum Gasteiger partial charge on any atom is -0.352 e. The summed E-state index contributed by atoms with van der Waals surface area (Å²) in [5, 5.41) is 3.23. The lowest BCUT2D eigenvalue weighted by Crippen LogP contribution is -2.52. The molecule has 1 aliphatic heterocycles. The topological polar surface area (TPSA) is 69.7 Å². The van der Waals surface area contributed by atoms with Gasteiger partial charge >= 0.3 is 0 Å². The van der Waals surface area contributed by atoms with Crippen molar-refractivity contribution in [2.45, 2.75) is 56.9 Å². The highest BCUT2D eigenvalue weighted by molar-refractivity contribution is 7.89. The van der Waals surface area contributed by atoms with Crippen molar-refractivity contribution in [2.24, 2.45) is 5.92 Å². The van der Waals surface area contributed by atoms with Crippen molar-refractivity contribution < 1.29 is 13.2 Å². The van der Waals surface area contributed by atoms with Crippen LogP contribution in [0.5, 0.6) is 0 Å². The summed E-state index contributed by atoms with van der Waals surface area (Å²) in [6, 6.07) is 7.27. The fourth-order valence-corrected chi connectivity index (χ4v) is 5.75. The van der Waals surface area contributed by atoms with E-state index in [0.29, 0.717) is 49.6 Å². The normalized spacial score (nSPS) is 24.8.